The average molecular weight is 320 g/mol. The summed E-state index contributed by atoms with van der Waals surface area (Å²) in [5, 5.41) is 3.28. The van der Waals surface area contributed by atoms with E-state index in [-0.39, 0.29) is 11.5 Å². The summed E-state index contributed by atoms with van der Waals surface area (Å²) in [7, 11) is 2.19. The van der Waals surface area contributed by atoms with Crippen molar-refractivity contribution < 1.29 is 9.53 Å². The van der Waals surface area contributed by atoms with E-state index in [1.165, 1.54) is 10.5 Å². The van der Waals surface area contributed by atoms with Gasteiger partial charge >= 0.3 is 6.09 Å². The second-order valence-corrected chi connectivity index (χ2v) is 7.57. The van der Waals surface area contributed by atoms with E-state index in [4.69, 9.17) is 4.74 Å². The zero-order valence-electron chi connectivity index (χ0n) is 13.5. The second-order valence-electron chi connectivity index (χ2n) is 6.45. The molecular weight excluding hydrogens is 296 g/mol. The number of thioether (sulfide) groups is 1. The fourth-order valence-corrected chi connectivity index (χ4v) is 4.97. The number of likely N-dealkylation sites (N-methyl/N-ethyl adjacent to an activating group) is 1. The van der Waals surface area contributed by atoms with E-state index in [1.54, 1.807) is 0 Å². The lowest BCUT2D eigenvalue weighted by molar-refractivity contribution is 0.200. The normalized spacial score (nSPS) is 26.6. The zero-order valence-corrected chi connectivity index (χ0v) is 14.3. The van der Waals surface area contributed by atoms with Crippen LogP contribution in [-0.4, -0.2) is 36.5 Å². The lowest BCUT2D eigenvalue weighted by Gasteiger charge is -2.26. The molecule has 2 aliphatic heterocycles. The third-order valence-electron chi connectivity index (χ3n) is 4.74. The lowest BCUT2D eigenvalue weighted by atomic mass is 9.82. The summed E-state index contributed by atoms with van der Waals surface area (Å²) in [4.78, 5) is 15.5. The summed E-state index contributed by atoms with van der Waals surface area (Å²) in [6, 6.07) is 6.04. The Hall–Kier alpha value is -1.20. The van der Waals surface area contributed by atoms with Crippen molar-refractivity contribution in [2.45, 2.75) is 48.8 Å². The number of benzene rings is 1. The molecule has 2 aliphatic rings. The molecule has 2 heterocycles. The maximum atomic E-state index is 11.8. The summed E-state index contributed by atoms with van der Waals surface area (Å²) < 4.78 is 5.43. The molecular formula is C17H24N2O2S. The lowest BCUT2D eigenvalue weighted by Crippen LogP contribution is -2.32. The number of rotatable bonds is 4. The highest BCUT2D eigenvalue weighted by atomic mass is 32.2. The van der Waals surface area contributed by atoms with Crippen molar-refractivity contribution >= 4 is 17.9 Å². The minimum Gasteiger partial charge on any atom is -0.410 e. The van der Waals surface area contributed by atoms with Crippen molar-refractivity contribution in [1.29, 1.82) is 0 Å². The molecule has 2 atom stereocenters. The Bertz CT molecular complexity index is 578. The van der Waals surface area contributed by atoms with Gasteiger partial charge in [-0.05, 0) is 50.2 Å². The molecule has 1 aromatic carbocycles. The van der Waals surface area contributed by atoms with Crippen LogP contribution in [0.1, 0.15) is 38.7 Å². The van der Waals surface area contributed by atoms with Crippen LogP contribution in [0.2, 0.25) is 0 Å². The Labute approximate surface area is 136 Å². The van der Waals surface area contributed by atoms with E-state index in [0.717, 1.165) is 25.8 Å². The van der Waals surface area contributed by atoms with E-state index in [1.807, 2.05) is 17.8 Å². The fraction of sp³-hybridized carbons (Fsp3) is 0.588. The quantitative estimate of drug-likeness (QED) is 0.861. The second kappa shape index (κ2) is 6.13. The molecule has 0 unspecified atom stereocenters. The Morgan fingerprint density at radius 1 is 1.55 bits per heavy atom. The zero-order chi connectivity index (χ0) is 15.7. The van der Waals surface area contributed by atoms with Gasteiger partial charge in [0.15, 0.2) is 0 Å². The van der Waals surface area contributed by atoms with Crippen molar-refractivity contribution in [3.8, 4) is 5.75 Å². The predicted octanol–water partition coefficient (Wildman–Crippen LogP) is 3.60. The number of hydrogen-bond acceptors (Lipinski definition) is 4. The third kappa shape index (κ3) is 2.72. The van der Waals surface area contributed by atoms with Gasteiger partial charge in [0.05, 0.1) is 5.37 Å². The number of carbonyl (C=O) groups excluding carboxylic acids is 1. The van der Waals surface area contributed by atoms with Crippen LogP contribution in [0.4, 0.5) is 4.79 Å². The number of amides is 1. The number of carbonyl (C=O) groups is 1. The topological polar surface area (TPSA) is 41.6 Å². The van der Waals surface area contributed by atoms with Crippen molar-refractivity contribution in [2.24, 2.45) is 0 Å². The minimum absolute atomic E-state index is 0.160. The molecule has 0 bridgehead atoms. The first-order valence-electron chi connectivity index (χ1n) is 8.01. The van der Waals surface area contributed by atoms with Gasteiger partial charge in [-0.15, -0.1) is 11.8 Å². The van der Waals surface area contributed by atoms with Crippen LogP contribution in [0.15, 0.2) is 23.1 Å². The van der Waals surface area contributed by atoms with Gasteiger partial charge in [0.1, 0.15) is 5.75 Å². The Morgan fingerprint density at radius 3 is 3.14 bits per heavy atom. The summed E-state index contributed by atoms with van der Waals surface area (Å²) in [5.41, 5.74) is 1.48. The fourth-order valence-electron chi connectivity index (χ4n) is 3.38. The van der Waals surface area contributed by atoms with Crippen LogP contribution in [0, 0.1) is 0 Å². The van der Waals surface area contributed by atoms with E-state index in [2.05, 4.69) is 43.2 Å². The van der Waals surface area contributed by atoms with E-state index in [0.29, 0.717) is 17.7 Å². The molecule has 5 heteroatoms. The van der Waals surface area contributed by atoms with Gasteiger partial charge in [0, 0.05) is 16.9 Å². The number of nitrogens with zero attached hydrogens (tertiary/aromatic N) is 1. The van der Waals surface area contributed by atoms with Crippen LogP contribution < -0.4 is 10.1 Å². The van der Waals surface area contributed by atoms with Gasteiger partial charge < -0.3 is 10.1 Å². The Kier molecular flexibility index (Phi) is 4.37. The largest absolute Gasteiger partial charge is 0.412 e. The maximum Gasteiger partial charge on any atom is 0.412 e. The van der Waals surface area contributed by atoms with Gasteiger partial charge in [-0.1, -0.05) is 20.3 Å². The molecule has 120 valence electrons. The molecule has 4 nitrogen and oxygen atoms in total. The summed E-state index contributed by atoms with van der Waals surface area (Å²) in [6.07, 6.45) is 2.83. The molecule has 1 N–H and O–H groups in total. The Morgan fingerprint density at radius 2 is 2.36 bits per heavy atom. The van der Waals surface area contributed by atoms with Gasteiger partial charge in [-0.25, -0.2) is 4.79 Å². The van der Waals surface area contributed by atoms with E-state index < -0.39 is 0 Å². The molecule has 0 spiro atoms. The first-order chi connectivity index (χ1) is 10.5. The molecule has 3 rings (SSSR count). The highest BCUT2D eigenvalue weighted by Gasteiger charge is 2.50. The predicted molar refractivity (Wildman–Crippen MR) is 89.6 cm³/mol. The maximum absolute atomic E-state index is 11.8. The number of hydrogen-bond donors (Lipinski definition) is 1. The number of unbranched alkanes of at least 4 members (excludes halogenated alkanes) is 1. The summed E-state index contributed by atoms with van der Waals surface area (Å²) in [5.74, 6) is 0.643. The minimum atomic E-state index is -0.357. The molecule has 0 saturated carbocycles. The van der Waals surface area contributed by atoms with Gasteiger partial charge in [-0.2, -0.15) is 0 Å². The van der Waals surface area contributed by atoms with Crippen LogP contribution in [0.3, 0.4) is 0 Å². The number of ether oxygens (including phenoxy) is 1. The molecule has 1 aromatic rings. The van der Waals surface area contributed by atoms with Crippen molar-refractivity contribution in [2.75, 3.05) is 20.1 Å². The third-order valence-corrected chi connectivity index (χ3v) is 6.46. The number of fused-ring (bicyclic) bond motifs is 3. The number of likely N-dealkylation sites (tertiary alicyclic amines) is 1. The first kappa shape index (κ1) is 15.7. The van der Waals surface area contributed by atoms with Crippen molar-refractivity contribution in [3.05, 3.63) is 23.8 Å². The Balaban J connectivity index is 1.73. The van der Waals surface area contributed by atoms with E-state index in [9.17, 15) is 4.79 Å². The van der Waals surface area contributed by atoms with Crippen LogP contribution in [0.5, 0.6) is 5.75 Å². The average Bonchev–Trinajstić information content (AvgIpc) is 2.94. The van der Waals surface area contributed by atoms with E-state index >= 15 is 0 Å². The first-order valence-corrected chi connectivity index (χ1v) is 8.89. The van der Waals surface area contributed by atoms with Crippen molar-refractivity contribution in [3.63, 3.8) is 0 Å². The van der Waals surface area contributed by atoms with Crippen LogP contribution in [-0.2, 0) is 5.41 Å². The molecule has 1 saturated heterocycles. The van der Waals surface area contributed by atoms with Crippen LogP contribution >= 0.6 is 11.8 Å². The molecule has 0 aliphatic carbocycles. The van der Waals surface area contributed by atoms with Gasteiger partial charge in [0.25, 0.3) is 0 Å². The smallest absolute Gasteiger partial charge is 0.410 e. The highest BCUT2D eigenvalue weighted by molar-refractivity contribution is 8.00. The highest BCUT2D eigenvalue weighted by Crippen LogP contribution is 2.55. The molecule has 1 amide bonds. The molecule has 1 fully saturated rings. The van der Waals surface area contributed by atoms with Crippen LogP contribution in [0.25, 0.3) is 0 Å². The van der Waals surface area contributed by atoms with Gasteiger partial charge in [0.2, 0.25) is 0 Å². The van der Waals surface area contributed by atoms with Gasteiger partial charge in [-0.3, -0.25) is 4.90 Å². The van der Waals surface area contributed by atoms with Crippen molar-refractivity contribution in [1.82, 2.24) is 10.2 Å². The SMILES string of the molecule is CCCCNC(=O)Oc1ccc2c(c1)[C@]1(C)CCN(C)[C@@H]1S2. The summed E-state index contributed by atoms with van der Waals surface area (Å²) >= 11 is 1.93. The molecule has 0 radical (unpaired) electrons. The molecule has 0 aromatic heterocycles. The monoisotopic (exact) mass is 320 g/mol. The standard InChI is InChI=1S/C17H24N2O2S/c1-4-5-9-18-16(20)21-12-6-7-14-13(11-12)17(2)8-10-19(3)15(17)22-14/h6-7,11,15H,4-5,8-10H2,1-3H3,(H,18,20)/t15-,17+/m1/s1. The molecule has 22 heavy (non-hydrogen) atoms. The summed E-state index contributed by atoms with van der Waals surface area (Å²) in [6.45, 7) is 6.21. The number of nitrogens with one attached hydrogen (secondary N) is 1.